The number of hydrogen-bond acceptors (Lipinski definition) is 6. The Morgan fingerprint density at radius 1 is 0.939 bits per heavy atom. The van der Waals surface area contributed by atoms with Crippen LogP contribution >= 0.6 is 0 Å². The summed E-state index contributed by atoms with van der Waals surface area (Å²) < 4.78 is 10.3. The highest BCUT2D eigenvalue weighted by molar-refractivity contribution is 5.97. The maximum Gasteiger partial charge on any atom is 0.333 e. The molecule has 1 fully saturated rings. The van der Waals surface area contributed by atoms with Crippen LogP contribution in [-0.2, 0) is 23.9 Å². The molecule has 1 unspecified atom stereocenters. The largest absolute Gasteiger partial charge is 0.466 e. The number of amides is 2. The number of hydrogen-bond donors (Lipinski definition) is 1. The van der Waals surface area contributed by atoms with Gasteiger partial charge in [0.25, 0.3) is 11.8 Å². The summed E-state index contributed by atoms with van der Waals surface area (Å²) in [6.45, 7) is 2.44. The smallest absolute Gasteiger partial charge is 0.333 e. The monoisotopic (exact) mass is 452 g/mol. The lowest BCUT2D eigenvalue weighted by molar-refractivity contribution is -0.155. The third kappa shape index (κ3) is 6.65. The lowest BCUT2D eigenvalue weighted by Crippen LogP contribution is -2.43. The van der Waals surface area contributed by atoms with Gasteiger partial charge in [0.1, 0.15) is 0 Å². The molecule has 3 rings (SSSR count). The van der Waals surface area contributed by atoms with E-state index in [2.05, 4.69) is 5.32 Å². The predicted octanol–water partition coefficient (Wildman–Crippen LogP) is 2.50. The standard InChI is InChI=1S/C25H28N2O6/c1-2-32-24(30)20-13-15-27(16-14-20)21(28)17-33-25(31)22(18-9-5-3-6-10-18)26-23(29)19-11-7-4-8-12-19/h3-12,20,22H,2,13-17H2,1H3,(H,26,29). The van der Waals surface area contributed by atoms with Crippen molar-refractivity contribution in [1.82, 2.24) is 10.2 Å². The molecule has 0 spiro atoms. The van der Waals surface area contributed by atoms with Gasteiger partial charge in [-0.25, -0.2) is 4.79 Å². The van der Waals surface area contributed by atoms with Gasteiger partial charge in [0.2, 0.25) is 0 Å². The Labute approximate surface area is 192 Å². The van der Waals surface area contributed by atoms with Gasteiger partial charge in [-0.1, -0.05) is 48.5 Å². The first-order chi connectivity index (χ1) is 16.0. The normalized spacial score (nSPS) is 14.8. The van der Waals surface area contributed by atoms with E-state index in [4.69, 9.17) is 9.47 Å². The zero-order chi connectivity index (χ0) is 23.6. The molecule has 8 heteroatoms. The molecule has 0 aliphatic carbocycles. The van der Waals surface area contributed by atoms with E-state index in [1.165, 1.54) is 0 Å². The Balaban J connectivity index is 1.58. The second-order valence-corrected chi connectivity index (χ2v) is 7.70. The molecule has 0 aromatic heterocycles. The van der Waals surface area contributed by atoms with Crippen LogP contribution in [-0.4, -0.2) is 55.0 Å². The molecule has 174 valence electrons. The van der Waals surface area contributed by atoms with E-state index < -0.39 is 24.5 Å². The van der Waals surface area contributed by atoms with Crippen LogP contribution in [0.3, 0.4) is 0 Å². The first kappa shape index (κ1) is 24.0. The van der Waals surface area contributed by atoms with Crippen molar-refractivity contribution < 1.29 is 28.7 Å². The third-order valence-corrected chi connectivity index (χ3v) is 5.49. The van der Waals surface area contributed by atoms with Crippen molar-refractivity contribution in [2.45, 2.75) is 25.8 Å². The van der Waals surface area contributed by atoms with Crippen LogP contribution in [0.5, 0.6) is 0 Å². The Hall–Kier alpha value is -3.68. The van der Waals surface area contributed by atoms with Gasteiger partial charge in [0.15, 0.2) is 12.6 Å². The Morgan fingerprint density at radius 2 is 1.55 bits per heavy atom. The SMILES string of the molecule is CCOC(=O)C1CCN(C(=O)COC(=O)C(NC(=O)c2ccccc2)c2ccccc2)CC1. The highest BCUT2D eigenvalue weighted by atomic mass is 16.5. The van der Waals surface area contributed by atoms with Gasteiger partial charge in [-0.2, -0.15) is 0 Å². The summed E-state index contributed by atoms with van der Waals surface area (Å²) >= 11 is 0. The van der Waals surface area contributed by atoms with Gasteiger partial charge < -0.3 is 19.7 Å². The Kier molecular flexibility index (Phi) is 8.57. The van der Waals surface area contributed by atoms with Crippen molar-refractivity contribution in [2.75, 3.05) is 26.3 Å². The topological polar surface area (TPSA) is 102 Å². The molecular weight excluding hydrogens is 424 g/mol. The molecule has 2 aromatic rings. The Bertz CT molecular complexity index is 955. The first-order valence-corrected chi connectivity index (χ1v) is 11.0. The van der Waals surface area contributed by atoms with Gasteiger partial charge in [-0.3, -0.25) is 14.4 Å². The summed E-state index contributed by atoms with van der Waals surface area (Å²) in [5.74, 6) is -1.94. The molecular formula is C25H28N2O6. The predicted molar refractivity (Wildman–Crippen MR) is 120 cm³/mol. The number of ether oxygens (including phenoxy) is 2. The minimum atomic E-state index is -1.05. The number of carbonyl (C=O) groups excluding carboxylic acids is 4. The summed E-state index contributed by atoms with van der Waals surface area (Å²) in [7, 11) is 0. The van der Waals surface area contributed by atoms with Crippen molar-refractivity contribution in [3.63, 3.8) is 0 Å². The van der Waals surface area contributed by atoms with Crippen LogP contribution in [0.2, 0.25) is 0 Å². The van der Waals surface area contributed by atoms with E-state index in [-0.39, 0.29) is 17.8 Å². The minimum Gasteiger partial charge on any atom is -0.466 e. The molecule has 0 saturated carbocycles. The van der Waals surface area contributed by atoms with Gasteiger partial charge in [0.05, 0.1) is 12.5 Å². The van der Waals surface area contributed by atoms with E-state index in [1.54, 1.807) is 72.5 Å². The lowest BCUT2D eigenvalue weighted by atomic mass is 9.97. The molecule has 1 aliphatic rings. The van der Waals surface area contributed by atoms with Crippen LogP contribution < -0.4 is 5.32 Å². The fraction of sp³-hybridized carbons (Fsp3) is 0.360. The second kappa shape index (κ2) is 11.8. The van der Waals surface area contributed by atoms with E-state index in [0.717, 1.165) is 0 Å². The van der Waals surface area contributed by atoms with Crippen LogP contribution in [0.4, 0.5) is 0 Å². The minimum absolute atomic E-state index is 0.216. The maximum absolute atomic E-state index is 12.8. The zero-order valence-corrected chi connectivity index (χ0v) is 18.6. The first-order valence-electron chi connectivity index (χ1n) is 11.0. The van der Waals surface area contributed by atoms with Crippen LogP contribution in [0, 0.1) is 5.92 Å². The molecule has 1 saturated heterocycles. The average Bonchev–Trinajstić information content (AvgIpc) is 2.86. The quantitative estimate of drug-likeness (QED) is 0.618. The number of benzene rings is 2. The van der Waals surface area contributed by atoms with Crippen molar-refractivity contribution in [3.05, 3.63) is 71.8 Å². The number of nitrogens with zero attached hydrogens (tertiary/aromatic N) is 1. The molecule has 1 aliphatic heterocycles. The highest BCUT2D eigenvalue weighted by Gasteiger charge is 2.30. The van der Waals surface area contributed by atoms with Crippen LogP contribution in [0.1, 0.15) is 41.7 Å². The fourth-order valence-corrected chi connectivity index (χ4v) is 3.66. The lowest BCUT2D eigenvalue weighted by Gasteiger charge is -2.30. The van der Waals surface area contributed by atoms with Gasteiger partial charge in [-0.15, -0.1) is 0 Å². The molecule has 1 heterocycles. The van der Waals surface area contributed by atoms with Crippen molar-refractivity contribution in [1.29, 1.82) is 0 Å². The molecule has 2 aromatic carbocycles. The summed E-state index contributed by atoms with van der Waals surface area (Å²) in [4.78, 5) is 51.4. The van der Waals surface area contributed by atoms with Gasteiger partial charge in [-0.05, 0) is 37.5 Å². The number of piperidine rings is 1. The molecule has 0 bridgehead atoms. The van der Waals surface area contributed by atoms with Gasteiger partial charge in [0, 0.05) is 18.7 Å². The zero-order valence-electron chi connectivity index (χ0n) is 18.6. The van der Waals surface area contributed by atoms with Crippen LogP contribution in [0.25, 0.3) is 0 Å². The number of esters is 2. The van der Waals surface area contributed by atoms with Crippen molar-refractivity contribution in [2.24, 2.45) is 5.92 Å². The number of carbonyl (C=O) groups is 4. The van der Waals surface area contributed by atoms with Crippen molar-refractivity contribution in [3.8, 4) is 0 Å². The number of likely N-dealkylation sites (tertiary alicyclic amines) is 1. The Morgan fingerprint density at radius 3 is 2.15 bits per heavy atom. The maximum atomic E-state index is 12.8. The van der Waals surface area contributed by atoms with Gasteiger partial charge >= 0.3 is 11.9 Å². The summed E-state index contributed by atoms with van der Waals surface area (Å²) in [5, 5.41) is 2.69. The molecule has 1 atom stereocenters. The highest BCUT2D eigenvalue weighted by Crippen LogP contribution is 2.20. The molecule has 8 nitrogen and oxygen atoms in total. The molecule has 0 radical (unpaired) electrons. The number of rotatable bonds is 8. The molecule has 33 heavy (non-hydrogen) atoms. The molecule has 2 amide bonds. The number of nitrogens with one attached hydrogen (secondary N) is 1. The summed E-state index contributed by atoms with van der Waals surface area (Å²) in [5.41, 5.74) is 0.959. The summed E-state index contributed by atoms with van der Waals surface area (Å²) in [6.07, 6.45) is 1.02. The fourth-order valence-electron chi connectivity index (χ4n) is 3.66. The summed E-state index contributed by atoms with van der Waals surface area (Å²) in [6, 6.07) is 16.2. The van der Waals surface area contributed by atoms with E-state index >= 15 is 0 Å². The van der Waals surface area contributed by atoms with E-state index in [9.17, 15) is 19.2 Å². The molecule has 1 N–H and O–H groups in total. The van der Waals surface area contributed by atoms with Crippen molar-refractivity contribution >= 4 is 23.8 Å². The van der Waals surface area contributed by atoms with E-state index in [0.29, 0.717) is 43.7 Å². The second-order valence-electron chi connectivity index (χ2n) is 7.70. The third-order valence-electron chi connectivity index (χ3n) is 5.49. The van der Waals surface area contributed by atoms with E-state index in [1.807, 2.05) is 0 Å². The van der Waals surface area contributed by atoms with Crippen LogP contribution in [0.15, 0.2) is 60.7 Å². The average molecular weight is 453 g/mol.